The number of carbonyl (C=O) groups is 1. The Morgan fingerprint density at radius 2 is 2.48 bits per heavy atom. The first-order valence-electron chi connectivity index (χ1n) is 7.26. The van der Waals surface area contributed by atoms with E-state index in [2.05, 4.69) is 15.3 Å². The number of thiazole rings is 1. The summed E-state index contributed by atoms with van der Waals surface area (Å²) < 4.78 is 0. The molecule has 112 valence electrons. The number of amides is 1. The molecule has 1 amide bonds. The number of hydrogen-bond donors (Lipinski definition) is 2. The summed E-state index contributed by atoms with van der Waals surface area (Å²) in [5.74, 6) is 0.636. The van der Waals surface area contributed by atoms with Gasteiger partial charge in [0, 0.05) is 23.8 Å². The first-order valence-corrected chi connectivity index (χ1v) is 8.13. The topological polar surface area (TPSA) is 61.0 Å². The Bertz CT molecular complexity index is 587. The second-order valence-electron chi connectivity index (χ2n) is 5.51. The molecule has 2 aromatic rings. The minimum atomic E-state index is 0.0935. The minimum absolute atomic E-state index is 0.0935. The summed E-state index contributed by atoms with van der Waals surface area (Å²) in [6.45, 7) is 5.50. The van der Waals surface area contributed by atoms with Gasteiger partial charge in [-0.3, -0.25) is 4.79 Å². The van der Waals surface area contributed by atoms with Gasteiger partial charge in [0.05, 0.1) is 23.3 Å². The smallest absolute Gasteiger partial charge is 0.255 e. The third-order valence-electron chi connectivity index (χ3n) is 3.95. The quantitative estimate of drug-likeness (QED) is 0.888. The zero-order chi connectivity index (χ0) is 14.7. The van der Waals surface area contributed by atoms with Crippen LogP contribution < -0.4 is 5.32 Å². The molecule has 0 aliphatic carbocycles. The SMILES string of the molecule is Cc1ncsc1CN(CC1CCNC1)C(=O)c1cc[nH]c1. The van der Waals surface area contributed by atoms with Crippen molar-refractivity contribution >= 4 is 17.2 Å². The number of hydrogen-bond acceptors (Lipinski definition) is 4. The van der Waals surface area contributed by atoms with Crippen molar-refractivity contribution in [2.75, 3.05) is 19.6 Å². The maximum atomic E-state index is 12.7. The predicted molar refractivity (Wildman–Crippen MR) is 83.4 cm³/mol. The van der Waals surface area contributed by atoms with E-state index in [0.29, 0.717) is 12.5 Å². The maximum Gasteiger partial charge on any atom is 0.255 e. The van der Waals surface area contributed by atoms with Crippen molar-refractivity contribution in [1.82, 2.24) is 20.2 Å². The van der Waals surface area contributed by atoms with Gasteiger partial charge in [0.15, 0.2) is 0 Å². The van der Waals surface area contributed by atoms with Gasteiger partial charge < -0.3 is 15.2 Å². The second-order valence-corrected chi connectivity index (χ2v) is 6.44. The van der Waals surface area contributed by atoms with Gasteiger partial charge >= 0.3 is 0 Å². The van der Waals surface area contributed by atoms with Crippen LogP contribution in [0.4, 0.5) is 0 Å². The van der Waals surface area contributed by atoms with E-state index in [4.69, 9.17) is 0 Å². The maximum absolute atomic E-state index is 12.7. The van der Waals surface area contributed by atoms with Crippen molar-refractivity contribution in [2.45, 2.75) is 19.9 Å². The fraction of sp³-hybridized carbons (Fsp3) is 0.467. The van der Waals surface area contributed by atoms with Crippen LogP contribution in [0.1, 0.15) is 27.3 Å². The highest BCUT2D eigenvalue weighted by molar-refractivity contribution is 7.09. The van der Waals surface area contributed by atoms with E-state index in [1.54, 1.807) is 23.7 Å². The number of H-pyrrole nitrogens is 1. The van der Waals surface area contributed by atoms with Crippen LogP contribution in [0.15, 0.2) is 24.0 Å². The lowest BCUT2D eigenvalue weighted by Crippen LogP contribution is -2.35. The summed E-state index contributed by atoms with van der Waals surface area (Å²) in [6.07, 6.45) is 4.70. The van der Waals surface area contributed by atoms with Crippen molar-refractivity contribution in [3.63, 3.8) is 0 Å². The van der Waals surface area contributed by atoms with Crippen molar-refractivity contribution in [1.29, 1.82) is 0 Å². The molecule has 0 aromatic carbocycles. The first kappa shape index (κ1) is 14.3. The van der Waals surface area contributed by atoms with Gasteiger partial charge in [0.25, 0.3) is 5.91 Å². The fourth-order valence-corrected chi connectivity index (χ4v) is 3.48. The van der Waals surface area contributed by atoms with Crippen LogP contribution in [0.2, 0.25) is 0 Å². The van der Waals surface area contributed by atoms with E-state index in [9.17, 15) is 4.79 Å². The van der Waals surface area contributed by atoms with E-state index in [0.717, 1.165) is 37.3 Å². The largest absolute Gasteiger partial charge is 0.367 e. The number of aromatic nitrogens is 2. The number of aryl methyl sites for hydroxylation is 1. The Kier molecular flexibility index (Phi) is 4.36. The standard InChI is InChI=1S/C15H20N4OS/c1-11-14(21-10-18-11)9-19(8-12-2-4-16-6-12)15(20)13-3-5-17-7-13/h3,5,7,10,12,16-17H,2,4,6,8-9H2,1H3. The molecule has 2 N–H and O–H groups in total. The molecular weight excluding hydrogens is 284 g/mol. The second kappa shape index (κ2) is 6.41. The van der Waals surface area contributed by atoms with Crippen molar-refractivity contribution < 1.29 is 4.79 Å². The molecule has 0 bridgehead atoms. The van der Waals surface area contributed by atoms with E-state index in [1.165, 1.54) is 4.88 Å². The number of rotatable bonds is 5. The molecule has 6 heteroatoms. The molecule has 0 saturated carbocycles. The minimum Gasteiger partial charge on any atom is -0.367 e. The zero-order valence-electron chi connectivity index (χ0n) is 12.1. The Morgan fingerprint density at radius 1 is 1.57 bits per heavy atom. The highest BCUT2D eigenvalue weighted by Crippen LogP contribution is 2.19. The van der Waals surface area contributed by atoms with Gasteiger partial charge in [0.1, 0.15) is 0 Å². The average Bonchev–Trinajstić information content (AvgIpc) is 3.20. The summed E-state index contributed by atoms with van der Waals surface area (Å²) in [4.78, 5) is 23.1. The third-order valence-corrected chi connectivity index (χ3v) is 4.87. The van der Waals surface area contributed by atoms with E-state index < -0.39 is 0 Å². The van der Waals surface area contributed by atoms with Gasteiger partial charge in [-0.1, -0.05) is 0 Å². The van der Waals surface area contributed by atoms with Crippen LogP contribution in [0.25, 0.3) is 0 Å². The van der Waals surface area contributed by atoms with Gasteiger partial charge in [-0.05, 0) is 38.4 Å². The van der Waals surface area contributed by atoms with Gasteiger partial charge in [-0.25, -0.2) is 4.98 Å². The van der Waals surface area contributed by atoms with Crippen molar-refractivity contribution in [3.05, 3.63) is 40.1 Å². The lowest BCUT2D eigenvalue weighted by molar-refractivity contribution is 0.0720. The molecule has 1 saturated heterocycles. The molecule has 1 aliphatic heterocycles. The monoisotopic (exact) mass is 304 g/mol. The van der Waals surface area contributed by atoms with Crippen LogP contribution in [0.3, 0.4) is 0 Å². The van der Waals surface area contributed by atoms with Crippen LogP contribution in [-0.4, -0.2) is 40.4 Å². The molecule has 0 radical (unpaired) electrons. The number of nitrogens with one attached hydrogen (secondary N) is 2. The molecule has 1 fully saturated rings. The van der Waals surface area contributed by atoms with Gasteiger partial charge in [-0.2, -0.15) is 0 Å². The molecule has 1 aliphatic rings. The summed E-state index contributed by atoms with van der Waals surface area (Å²) in [5.41, 5.74) is 3.60. The summed E-state index contributed by atoms with van der Waals surface area (Å²) in [7, 11) is 0. The average molecular weight is 304 g/mol. The van der Waals surface area contributed by atoms with E-state index >= 15 is 0 Å². The molecule has 21 heavy (non-hydrogen) atoms. The summed E-state index contributed by atoms with van der Waals surface area (Å²) in [6, 6.07) is 1.84. The Labute approximate surface area is 128 Å². The Balaban J connectivity index is 1.76. The number of carbonyl (C=O) groups excluding carboxylic acids is 1. The van der Waals surface area contributed by atoms with Gasteiger partial charge in [0.2, 0.25) is 0 Å². The van der Waals surface area contributed by atoms with Crippen LogP contribution >= 0.6 is 11.3 Å². The van der Waals surface area contributed by atoms with Crippen LogP contribution in [-0.2, 0) is 6.54 Å². The third kappa shape index (κ3) is 3.33. The normalized spacial score (nSPS) is 18.0. The highest BCUT2D eigenvalue weighted by Gasteiger charge is 2.24. The zero-order valence-corrected chi connectivity index (χ0v) is 12.9. The Morgan fingerprint density at radius 3 is 3.10 bits per heavy atom. The number of aromatic amines is 1. The Hall–Kier alpha value is -1.66. The lowest BCUT2D eigenvalue weighted by Gasteiger charge is -2.25. The highest BCUT2D eigenvalue weighted by atomic mass is 32.1. The fourth-order valence-electron chi connectivity index (χ4n) is 2.69. The summed E-state index contributed by atoms with van der Waals surface area (Å²) >= 11 is 1.62. The molecule has 1 unspecified atom stereocenters. The molecule has 0 spiro atoms. The van der Waals surface area contributed by atoms with E-state index in [1.807, 2.05) is 23.4 Å². The lowest BCUT2D eigenvalue weighted by atomic mass is 10.1. The summed E-state index contributed by atoms with van der Waals surface area (Å²) in [5, 5.41) is 3.37. The van der Waals surface area contributed by atoms with Crippen LogP contribution in [0, 0.1) is 12.8 Å². The molecule has 2 aromatic heterocycles. The van der Waals surface area contributed by atoms with Crippen LogP contribution in [0.5, 0.6) is 0 Å². The molecule has 3 heterocycles. The van der Waals surface area contributed by atoms with Gasteiger partial charge in [-0.15, -0.1) is 11.3 Å². The molecular formula is C15H20N4OS. The van der Waals surface area contributed by atoms with Crippen molar-refractivity contribution in [3.8, 4) is 0 Å². The first-order chi connectivity index (χ1) is 10.2. The van der Waals surface area contributed by atoms with E-state index in [-0.39, 0.29) is 5.91 Å². The van der Waals surface area contributed by atoms with Crippen molar-refractivity contribution in [2.24, 2.45) is 5.92 Å². The molecule has 1 atom stereocenters. The predicted octanol–water partition coefficient (Wildman–Crippen LogP) is 2.03. The number of nitrogens with zero attached hydrogens (tertiary/aromatic N) is 2. The molecule has 3 rings (SSSR count). The molecule has 5 nitrogen and oxygen atoms in total.